The predicted octanol–water partition coefficient (Wildman–Crippen LogP) is 3.81. The number of amides is 1. The number of aryl methyl sites for hydroxylation is 1. The van der Waals surface area contributed by atoms with Crippen molar-refractivity contribution in [2.45, 2.75) is 41.8 Å². The van der Waals surface area contributed by atoms with Crippen molar-refractivity contribution >= 4 is 34.1 Å². The second-order valence-corrected chi connectivity index (χ2v) is 8.52. The van der Waals surface area contributed by atoms with Gasteiger partial charge >= 0.3 is 0 Å². The van der Waals surface area contributed by atoms with Crippen LogP contribution in [0.5, 0.6) is 0 Å². The molecule has 0 radical (unpaired) electrons. The third-order valence-electron chi connectivity index (χ3n) is 4.14. The first-order valence-corrected chi connectivity index (χ1v) is 10.1. The number of benzene rings is 1. The topological polar surface area (TPSA) is 66.9 Å². The monoisotopic (exact) mass is 374 g/mol. The summed E-state index contributed by atoms with van der Waals surface area (Å²) in [5.41, 5.74) is 2.60. The van der Waals surface area contributed by atoms with Gasteiger partial charge in [-0.1, -0.05) is 53.4 Å². The molecule has 0 spiro atoms. The van der Waals surface area contributed by atoms with E-state index in [2.05, 4.69) is 45.6 Å². The Morgan fingerprint density at radius 1 is 1.48 bits per heavy atom. The number of fused-ring (bicyclic) bond motifs is 1. The summed E-state index contributed by atoms with van der Waals surface area (Å²) in [6, 6.07) is 8.50. The molecule has 1 aromatic carbocycles. The highest BCUT2D eigenvalue weighted by Crippen LogP contribution is 2.32. The molecule has 0 saturated carbocycles. The minimum atomic E-state index is -0.214. The molecule has 0 saturated heterocycles. The highest BCUT2D eigenvalue weighted by Gasteiger charge is 2.24. The summed E-state index contributed by atoms with van der Waals surface area (Å²) in [7, 11) is 0. The molecule has 1 aromatic heterocycles. The molecular formula is C18H22N4OS2. The van der Waals surface area contributed by atoms with Crippen LogP contribution in [-0.2, 0) is 11.2 Å². The van der Waals surface area contributed by atoms with E-state index in [9.17, 15) is 4.79 Å². The van der Waals surface area contributed by atoms with Gasteiger partial charge in [0.05, 0.1) is 11.3 Å². The molecule has 2 N–H and O–H groups in total. The molecule has 25 heavy (non-hydrogen) atoms. The number of nitrogens with one attached hydrogen (secondary N) is 2. The third-order valence-corrected chi connectivity index (χ3v) is 6.20. The van der Waals surface area contributed by atoms with Crippen molar-refractivity contribution < 1.29 is 4.79 Å². The first-order chi connectivity index (χ1) is 12.2. The van der Waals surface area contributed by atoms with Gasteiger partial charge in [0, 0.05) is 6.54 Å². The summed E-state index contributed by atoms with van der Waals surface area (Å²) in [5, 5.41) is 15.0. The van der Waals surface area contributed by atoms with Gasteiger partial charge in [-0.3, -0.25) is 4.79 Å². The molecule has 3 rings (SSSR count). The number of hydrogen-bond donors (Lipinski definition) is 2. The van der Waals surface area contributed by atoms with Crippen LogP contribution in [0, 0.1) is 0 Å². The number of carbonyl (C=O) groups is 1. The Kier molecular flexibility index (Phi) is 6.09. The minimum absolute atomic E-state index is 0.0440. The Bertz CT molecular complexity index is 746. The summed E-state index contributed by atoms with van der Waals surface area (Å²) < 4.78 is 0.790. The number of carbonyl (C=O) groups excluding carboxylic acids is 1. The van der Waals surface area contributed by atoms with Crippen LogP contribution in [0.15, 0.2) is 41.3 Å². The van der Waals surface area contributed by atoms with Crippen LogP contribution in [0.25, 0.3) is 0 Å². The lowest BCUT2D eigenvalue weighted by atomic mass is 9.88. The van der Waals surface area contributed by atoms with Gasteiger partial charge in [-0.05, 0) is 37.3 Å². The SMILES string of the molecule is C=CCNc1nnc(SC(C)C(=O)NC2CCCc3ccccc32)s1. The molecule has 1 aliphatic rings. The van der Waals surface area contributed by atoms with Gasteiger partial charge < -0.3 is 10.6 Å². The summed E-state index contributed by atoms with van der Waals surface area (Å²) in [6.07, 6.45) is 4.97. The maximum absolute atomic E-state index is 12.6. The van der Waals surface area contributed by atoms with Crippen molar-refractivity contribution in [3.05, 3.63) is 48.0 Å². The summed E-state index contributed by atoms with van der Waals surface area (Å²) >= 11 is 2.90. The maximum Gasteiger partial charge on any atom is 0.233 e. The molecule has 5 nitrogen and oxygen atoms in total. The lowest BCUT2D eigenvalue weighted by Gasteiger charge is -2.27. The lowest BCUT2D eigenvalue weighted by molar-refractivity contribution is -0.121. The fourth-order valence-electron chi connectivity index (χ4n) is 2.89. The standard InChI is InChI=1S/C18H22N4OS2/c1-3-11-19-17-21-22-18(25-17)24-12(2)16(23)20-15-10-6-8-13-7-4-5-9-14(13)15/h3-5,7,9,12,15H,1,6,8,10-11H2,2H3,(H,19,21)(H,20,23). The fourth-order valence-corrected chi connectivity index (χ4v) is 4.80. The van der Waals surface area contributed by atoms with Crippen LogP contribution in [-0.4, -0.2) is 27.9 Å². The smallest absolute Gasteiger partial charge is 0.233 e. The van der Waals surface area contributed by atoms with Crippen LogP contribution in [0.4, 0.5) is 5.13 Å². The van der Waals surface area contributed by atoms with Crippen molar-refractivity contribution in [3.63, 3.8) is 0 Å². The van der Waals surface area contributed by atoms with Gasteiger partial charge in [0.25, 0.3) is 0 Å². The molecule has 2 atom stereocenters. The number of aromatic nitrogens is 2. The van der Waals surface area contributed by atoms with E-state index in [1.807, 2.05) is 13.0 Å². The molecule has 7 heteroatoms. The Balaban J connectivity index is 1.58. The van der Waals surface area contributed by atoms with E-state index in [1.165, 1.54) is 34.2 Å². The van der Waals surface area contributed by atoms with Crippen LogP contribution in [0.1, 0.15) is 36.9 Å². The van der Waals surface area contributed by atoms with E-state index in [-0.39, 0.29) is 17.2 Å². The Hall–Kier alpha value is -1.86. The lowest BCUT2D eigenvalue weighted by Crippen LogP contribution is -2.35. The molecule has 1 heterocycles. The number of nitrogens with zero attached hydrogens (tertiary/aromatic N) is 2. The molecule has 2 aromatic rings. The zero-order valence-corrected chi connectivity index (χ0v) is 15.8. The maximum atomic E-state index is 12.6. The summed E-state index contributed by atoms with van der Waals surface area (Å²) in [6.45, 7) is 6.22. The highest BCUT2D eigenvalue weighted by molar-refractivity contribution is 8.02. The molecule has 0 aliphatic heterocycles. The minimum Gasteiger partial charge on any atom is -0.357 e. The zero-order valence-electron chi connectivity index (χ0n) is 14.2. The molecule has 2 unspecified atom stereocenters. The van der Waals surface area contributed by atoms with Crippen molar-refractivity contribution in [2.75, 3.05) is 11.9 Å². The molecule has 1 amide bonds. The first-order valence-electron chi connectivity index (χ1n) is 8.40. The van der Waals surface area contributed by atoms with E-state index in [4.69, 9.17) is 0 Å². The Morgan fingerprint density at radius 2 is 2.32 bits per heavy atom. The number of hydrogen-bond acceptors (Lipinski definition) is 6. The average molecular weight is 375 g/mol. The molecule has 0 bridgehead atoms. The molecular weight excluding hydrogens is 352 g/mol. The second kappa shape index (κ2) is 8.49. The van der Waals surface area contributed by atoms with E-state index in [0.717, 1.165) is 28.7 Å². The Labute approximate surface area is 156 Å². The summed E-state index contributed by atoms with van der Waals surface area (Å²) in [5.74, 6) is 0.0440. The van der Waals surface area contributed by atoms with E-state index < -0.39 is 0 Å². The third kappa shape index (κ3) is 4.61. The first kappa shape index (κ1) is 17.9. The number of anilines is 1. The van der Waals surface area contributed by atoms with Gasteiger partial charge in [-0.25, -0.2) is 0 Å². The van der Waals surface area contributed by atoms with Gasteiger partial charge in [-0.2, -0.15) is 0 Å². The van der Waals surface area contributed by atoms with Gasteiger partial charge in [0.15, 0.2) is 4.34 Å². The molecule has 132 valence electrons. The molecule has 1 aliphatic carbocycles. The quantitative estimate of drug-likeness (QED) is 0.570. The largest absolute Gasteiger partial charge is 0.357 e. The van der Waals surface area contributed by atoms with Gasteiger partial charge in [-0.15, -0.1) is 16.8 Å². The highest BCUT2D eigenvalue weighted by atomic mass is 32.2. The second-order valence-electron chi connectivity index (χ2n) is 5.95. The van der Waals surface area contributed by atoms with E-state index >= 15 is 0 Å². The van der Waals surface area contributed by atoms with E-state index in [1.54, 1.807) is 6.08 Å². The van der Waals surface area contributed by atoms with Crippen molar-refractivity contribution in [3.8, 4) is 0 Å². The number of thioether (sulfide) groups is 1. The normalized spacial score (nSPS) is 17.4. The van der Waals surface area contributed by atoms with E-state index in [0.29, 0.717) is 6.54 Å². The van der Waals surface area contributed by atoms with Gasteiger partial charge in [0.2, 0.25) is 11.0 Å². The number of rotatable bonds is 7. The van der Waals surface area contributed by atoms with Crippen molar-refractivity contribution in [2.24, 2.45) is 0 Å². The van der Waals surface area contributed by atoms with Crippen LogP contribution in [0.2, 0.25) is 0 Å². The van der Waals surface area contributed by atoms with Crippen molar-refractivity contribution in [1.29, 1.82) is 0 Å². The summed E-state index contributed by atoms with van der Waals surface area (Å²) in [4.78, 5) is 12.6. The van der Waals surface area contributed by atoms with Crippen molar-refractivity contribution in [1.82, 2.24) is 15.5 Å². The fraction of sp³-hybridized carbons (Fsp3) is 0.389. The predicted molar refractivity (Wildman–Crippen MR) is 104 cm³/mol. The van der Waals surface area contributed by atoms with Crippen LogP contribution < -0.4 is 10.6 Å². The zero-order chi connectivity index (χ0) is 17.6. The van der Waals surface area contributed by atoms with Crippen LogP contribution in [0.3, 0.4) is 0 Å². The Morgan fingerprint density at radius 3 is 3.16 bits per heavy atom. The van der Waals surface area contributed by atoms with Gasteiger partial charge in [0.1, 0.15) is 0 Å². The average Bonchev–Trinajstić information content (AvgIpc) is 3.07. The van der Waals surface area contributed by atoms with Crippen LogP contribution >= 0.6 is 23.1 Å². The molecule has 0 fully saturated rings.